The minimum absolute atomic E-state index is 0.112. The molecule has 6 nitrogen and oxygen atoms in total. The molecule has 2 amide bonds. The maximum Gasteiger partial charge on any atom is 0.315 e. The molecule has 1 aromatic rings. The Kier molecular flexibility index (Phi) is 5.96. The number of aryl methyl sites for hydroxylation is 2. The van der Waals surface area contributed by atoms with Gasteiger partial charge in [-0.25, -0.2) is 9.78 Å². The number of urea groups is 1. The Balaban J connectivity index is 1.68. The third kappa shape index (κ3) is 4.94. The first-order valence-electron chi connectivity index (χ1n) is 7.27. The molecule has 118 valence electrons. The van der Waals surface area contributed by atoms with Gasteiger partial charge < -0.3 is 15.4 Å². The fourth-order valence-electron chi connectivity index (χ4n) is 2.38. The maximum atomic E-state index is 11.9. The summed E-state index contributed by atoms with van der Waals surface area (Å²) in [4.78, 5) is 19.8. The van der Waals surface area contributed by atoms with Crippen molar-refractivity contribution in [2.75, 3.05) is 33.4 Å². The van der Waals surface area contributed by atoms with E-state index in [1.807, 2.05) is 13.8 Å². The Morgan fingerprint density at radius 2 is 2.33 bits per heavy atom. The lowest BCUT2D eigenvalue weighted by Crippen LogP contribution is -2.43. The molecule has 1 saturated heterocycles. The van der Waals surface area contributed by atoms with Crippen LogP contribution in [0.2, 0.25) is 0 Å². The predicted molar refractivity (Wildman–Crippen MR) is 83.7 cm³/mol. The first kappa shape index (κ1) is 16.2. The van der Waals surface area contributed by atoms with Crippen LogP contribution in [0.3, 0.4) is 0 Å². The van der Waals surface area contributed by atoms with Gasteiger partial charge in [0.15, 0.2) is 0 Å². The summed E-state index contributed by atoms with van der Waals surface area (Å²) in [5.41, 5.74) is 1.04. The van der Waals surface area contributed by atoms with Crippen LogP contribution in [0.4, 0.5) is 4.79 Å². The fraction of sp³-hybridized carbons (Fsp3) is 0.714. The number of thiazole rings is 1. The second kappa shape index (κ2) is 7.72. The lowest BCUT2D eigenvalue weighted by molar-refractivity contribution is 0.159. The molecule has 1 atom stereocenters. The highest BCUT2D eigenvalue weighted by Crippen LogP contribution is 2.16. The second-order valence-electron chi connectivity index (χ2n) is 5.36. The van der Waals surface area contributed by atoms with Gasteiger partial charge in [-0.15, -0.1) is 11.3 Å². The number of nitrogens with one attached hydrogen (secondary N) is 2. The average Bonchev–Trinajstić information content (AvgIpc) is 3.02. The SMILES string of the molecule is COCCN1CC[C@H](NC(=O)NCc2nc(C)c(C)s2)C1. The number of ether oxygens (including phenoxy) is 1. The standard InChI is InChI=1S/C14H24N4O2S/c1-10-11(2)21-13(16-10)8-15-14(19)17-12-4-5-18(9-12)6-7-20-3/h12H,4-9H2,1-3H3,(H2,15,17,19)/t12-/m0/s1. The molecule has 7 heteroatoms. The van der Waals surface area contributed by atoms with Crippen molar-refractivity contribution in [3.8, 4) is 0 Å². The number of hydrogen-bond acceptors (Lipinski definition) is 5. The average molecular weight is 312 g/mol. The van der Waals surface area contributed by atoms with Crippen LogP contribution in [0.5, 0.6) is 0 Å². The molecule has 21 heavy (non-hydrogen) atoms. The molecule has 0 bridgehead atoms. The van der Waals surface area contributed by atoms with Crippen molar-refractivity contribution >= 4 is 17.4 Å². The third-order valence-corrected chi connectivity index (χ3v) is 4.77. The Hall–Kier alpha value is -1.18. The van der Waals surface area contributed by atoms with Crippen LogP contribution in [0.1, 0.15) is 22.0 Å². The van der Waals surface area contributed by atoms with Gasteiger partial charge in [-0.1, -0.05) is 0 Å². The van der Waals surface area contributed by atoms with Gasteiger partial charge in [0, 0.05) is 37.7 Å². The molecule has 1 aliphatic rings. The van der Waals surface area contributed by atoms with E-state index in [9.17, 15) is 4.79 Å². The van der Waals surface area contributed by atoms with E-state index >= 15 is 0 Å². The van der Waals surface area contributed by atoms with E-state index in [4.69, 9.17) is 4.74 Å². The molecule has 0 aromatic carbocycles. The van der Waals surface area contributed by atoms with Gasteiger partial charge in [-0.2, -0.15) is 0 Å². The Morgan fingerprint density at radius 3 is 3.00 bits per heavy atom. The molecule has 1 aliphatic heterocycles. The Bertz CT molecular complexity index is 458. The van der Waals surface area contributed by atoms with E-state index in [1.165, 1.54) is 4.88 Å². The first-order valence-corrected chi connectivity index (χ1v) is 8.08. The highest BCUT2D eigenvalue weighted by molar-refractivity contribution is 7.11. The zero-order chi connectivity index (χ0) is 15.2. The molecule has 0 radical (unpaired) electrons. The van der Waals surface area contributed by atoms with Gasteiger partial charge in [0.2, 0.25) is 0 Å². The van der Waals surface area contributed by atoms with Gasteiger partial charge >= 0.3 is 6.03 Å². The number of nitrogens with zero attached hydrogens (tertiary/aromatic N) is 2. The summed E-state index contributed by atoms with van der Waals surface area (Å²) < 4.78 is 5.07. The van der Waals surface area contributed by atoms with Crippen molar-refractivity contribution < 1.29 is 9.53 Å². The summed E-state index contributed by atoms with van der Waals surface area (Å²) in [6, 6.07) is 0.112. The van der Waals surface area contributed by atoms with Gasteiger partial charge in [-0.3, -0.25) is 4.90 Å². The highest BCUT2D eigenvalue weighted by Gasteiger charge is 2.23. The summed E-state index contributed by atoms with van der Waals surface area (Å²) in [5, 5.41) is 6.85. The van der Waals surface area contributed by atoms with Crippen LogP contribution < -0.4 is 10.6 Å². The Labute approximate surface area is 129 Å². The summed E-state index contributed by atoms with van der Waals surface area (Å²) in [7, 11) is 1.71. The number of aromatic nitrogens is 1. The van der Waals surface area contributed by atoms with E-state index in [0.717, 1.165) is 43.4 Å². The molecular formula is C14H24N4O2S. The van der Waals surface area contributed by atoms with Crippen molar-refractivity contribution in [2.45, 2.75) is 32.9 Å². The molecule has 1 fully saturated rings. The lowest BCUT2D eigenvalue weighted by atomic mass is 10.3. The predicted octanol–water partition coefficient (Wildman–Crippen LogP) is 1.28. The zero-order valence-electron chi connectivity index (χ0n) is 12.9. The number of rotatable bonds is 6. The molecule has 2 rings (SSSR count). The first-order chi connectivity index (χ1) is 10.1. The van der Waals surface area contributed by atoms with Crippen LogP contribution >= 0.6 is 11.3 Å². The molecule has 2 N–H and O–H groups in total. The van der Waals surface area contributed by atoms with E-state index in [0.29, 0.717) is 6.54 Å². The van der Waals surface area contributed by atoms with Crippen LogP contribution in [0.15, 0.2) is 0 Å². The molecule has 0 spiro atoms. The fourth-order valence-corrected chi connectivity index (χ4v) is 3.25. The van der Waals surface area contributed by atoms with Crippen LogP contribution in [0, 0.1) is 13.8 Å². The van der Waals surface area contributed by atoms with E-state index in [1.54, 1.807) is 18.4 Å². The highest BCUT2D eigenvalue weighted by atomic mass is 32.1. The van der Waals surface area contributed by atoms with Crippen molar-refractivity contribution in [1.82, 2.24) is 20.5 Å². The number of carbonyl (C=O) groups is 1. The van der Waals surface area contributed by atoms with E-state index < -0.39 is 0 Å². The van der Waals surface area contributed by atoms with Crippen molar-refractivity contribution in [1.29, 1.82) is 0 Å². The summed E-state index contributed by atoms with van der Waals surface area (Å²) in [6.45, 7) is 8.10. The van der Waals surface area contributed by atoms with Crippen molar-refractivity contribution in [2.24, 2.45) is 0 Å². The minimum atomic E-state index is -0.112. The van der Waals surface area contributed by atoms with Gasteiger partial charge in [0.25, 0.3) is 0 Å². The van der Waals surface area contributed by atoms with E-state index in [-0.39, 0.29) is 12.1 Å². The molecule has 0 saturated carbocycles. The summed E-state index contributed by atoms with van der Waals surface area (Å²) in [5.74, 6) is 0. The van der Waals surface area contributed by atoms with Crippen molar-refractivity contribution in [3.63, 3.8) is 0 Å². The van der Waals surface area contributed by atoms with E-state index in [2.05, 4.69) is 20.5 Å². The number of likely N-dealkylation sites (tertiary alicyclic amines) is 1. The smallest absolute Gasteiger partial charge is 0.315 e. The van der Waals surface area contributed by atoms with Gasteiger partial charge in [0.1, 0.15) is 5.01 Å². The monoisotopic (exact) mass is 312 g/mol. The van der Waals surface area contributed by atoms with Gasteiger partial charge in [0.05, 0.1) is 18.8 Å². The van der Waals surface area contributed by atoms with Gasteiger partial charge in [-0.05, 0) is 20.3 Å². The zero-order valence-corrected chi connectivity index (χ0v) is 13.8. The number of amides is 2. The minimum Gasteiger partial charge on any atom is -0.383 e. The lowest BCUT2D eigenvalue weighted by Gasteiger charge is -2.16. The topological polar surface area (TPSA) is 66.5 Å². The molecule has 2 heterocycles. The molecule has 0 aliphatic carbocycles. The summed E-state index contributed by atoms with van der Waals surface area (Å²) >= 11 is 1.63. The normalized spacial score (nSPS) is 18.9. The largest absolute Gasteiger partial charge is 0.383 e. The quantitative estimate of drug-likeness (QED) is 0.830. The second-order valence-corrected chi connectivity index (χ2v) is 6.64. The van der Waals surface area contributed by atoms with Crippen LogP contribution in [-0.2, 0) is 11.3 Å². The van der Waals surface area contributed by atoms with Crippen molar-refractivity contribution in [3.05, 3.63) is 15.6 Å². The number of carbonyl (C=O) groups excluding carboxylic acids is 1. The number of hydrogen-bond donors (Lipinski definition) is 2. The third-order valence-electron chi connectivity index (χ3n) is 3.69. The van der Waals surface area contributed by atoms with Crippen LogP contribution in [-0.4, -0.2) is 55.3 Å². The Morgan fingerprint density at radius 1 is 1.52 bits per heavy atom. The number of methoxy groups -OCH3 is 1. The molecular weight excluding hydrogens is 288 g/mol. The summed E-state index contributed by atoms with van der Waals surface area (Å²) in [6.07, 6.45) is 0.993. The maximum absolute atomic E-state index is 11.9. The molecule has 0 unspecified atom stereocenters. The van der Waals surface area contributed by atoms with Crippen LogP contribution in [0.25, 0.3) is 0 Å². The molecule has 1 aromatic heterocycles.